The summed E-state index contributed by atoms with van der Waals surface area (Å²) in [5, 5.41) is 5.23. The van der Waals surface area contributed by atoms with E-state index in [4.69, 9.17) is 4.52 Å². The Balaban J connectivity index is 1.42. The molecule has 1 unspecified atom stereocenters. The lowest BCUT2D eigenvalue weighted by atomic mass is 10.1. The van der Waals surface area contributed by atoms with Gasteiger partial charge in [0.05, 0.1) is 0 Å². The van der Waals surface area contributed by atoms with Crippen molar-refractivity contribution in [1.82, 2.24) is 15.1 Å². The minimum Gasteiger partial charge on any atom is -0.361 e. The Labute approximate surface area is 162 Å². The second-order valence-corrected chi connectivity index (χ2v) is 7.13. The highest BCUT2D eigenvalue weighted by Gasteiger charge is 2.34. The molecule has 0 spiro atoms. The fraction of sp³-hybridized carbons (Fsp3) is 0.227. The first-order valence-electron chi connectivity index (χ1n) is 9.52. The van der Waals surface area contributed by atoms with Gasteiger partial charge in [-0.3, -0.25) is 4.79 Å². The molecule has 1 fully saturated rings. The molecule has 3 heterocycles. The van der Waals surface area contributed by atoms with Crippen LogP contribution >= 0.6 is 0 Å². The Bertz CT molecular complexity index is 1160. The number of aromatic nitrogens is 3. The van der Waals surface area contributed by atoms with Crippen LogP contribution in [-0.4, -0.2) is 27.6 Å². The van der Waals surface area contributed by atoms with Crippen LogP contribution in [0.25, 0.3) is 22.4 Å². The molecule has 2 aromatic heterocycles. The molecule has 6 heteroatoms. The largest absolute Gasteiger partial charge is 0.361 e. The molecule has 1 aliphatic heterocycles. The van der Waals surface area contributed by atoms with Gasteiger partial charge in [0.25, 0.3) is 5.89 Å². The summed E-state index contributed by atoms with van der Waals surface area (Å²) >= 11 is 0. The number of aromatic amines is 1. The second-order valence-electron chi connectivity index (χ2n) is 7.13. The number of nitrogens with zero attached hydrogens (tertiary/aromatic N) is 3. The fourth-order valence-corrected chi connectivity index (χ4v) is 3.86. The Morgan fingerprint density at radius 1 is 1.21 bits per heavy atom. The first-order valence-corrected chi connectivity index (χ1v) is 9.52. The monoisotopic (exact) mass is 372 g/mol. The Morgan fingerprint density at radius 2 is 2.11 bits per heavy atom. The average Bonchev–Trinajstić information content (AvgIpc) is 3.46. The van der Waals surface area contributed by atoms with Crippen molar-refractivity contribution >= 4 is 22.5 Å². The molecule has 0 saturated carbocycles. The predicted octanol–water partition coefficient (Wildman–Crippen LogP) is 4.30. The first-order chi connectivity index (χ1) is 13.7. The van der Waals surface area contributed by atoms with E-state index in [1.807, 2.05) is 47.5 Å². The maximum atomic E-state index is 12.6. The van der Waals surface area contributed by atoms with Gasteiger partial charge >= 0.3 is 0 Å². The number of aryl methyl sites for hydroxylation is 1. The van der Waals surface area contributed by atoms with E-state index < -0.39 is 0 Å². The number of nitrogens with one attached hydrogen (secondary N) is 1. The van der Waals surface area contributed by atoms with Gasteiger partial charge in [0.15, 0.2) is 5.82 Å². The zero-order valence-electron chi connectivity index (χ0n) is 15.6. The van der Waals surface area contributed by atoms with Crippen LogP contribution in [-0.2, 0) is 11.2 Å². The van der Waals surface area contributed by atoms with Gasteiger partial charge in [-0.2, -0.15) is 4.98 Å². The molecule has 1 aliphatic rings. The molecule has 1 atom stereocenters. The van der Waals surface area contributed by atoms with Gasteiger partial charge < -0.3 is 14.4 Å². The molecule has 140 valence electrons. The summed E-state index contributed by atoms with van der Waals surface area (Å²) in [6, 6.07) is 16.1. The minimum atomic E-state index is -0.0688. The molecule has 0 bridgehead atoms. The van der Waals surface area contributed by atoms with E-state index in [-0.39, 0.29) is 11.8 Å². The second kappa shape index (κ2) is 6.64. The van der Waals surface area contributed by atoms with Gasteiger partial charge in [0.1, 0.15) is 0 Å². The maximum absolute atomic E-state index is 12.6. The lowest BCUT2D eigenvalue weighted by Gasteiger charge is -2.17. The Kier molecular flexibility index (Phi) is 3.97. The van der Waals surface area contributed by atoms with Crippen LogP contribution in [0.4, 0.5) is 5.69 Å². The number of H-pyrrole nitrogens is 1. The topological polar surface area (TPSA) is 75.0 Å². The highest BCUT2D eigenvalue weighted by molar-refractivity contribution is 5.96. The van der Waals surface area contributed by atoms with Crippen molar-refractivity contribution in [2.75, 3.05) is 11.4 Å². The van der Waals surface area contributed by atoms with Crippen molar-refractivity contribution in [3.05, 3.63) is 66.1 Å². The van der Waals surface area contributed by atoms with Gasteiger partial charge in [0, 0.05) is 47.2 Å². The number of amides is 1. The third-order valence-electron chi connectivity index (χ3n) is 5.39. The van der Waals surface area contributed by atoms with E-state index in [9.17, 15) is 4.79 Å². The first kappa shape index (κ1) is 16.7. The van der Waals surface area contributed by atoms with Crippen molar-refractivity contribution in [2.45, 2.75) is 25.7 Å². The molecule has 5 rings (SSSR count). The number of hydrogen-bond donors (Lipinski definition) is 1. The molecule has 6 nitrogen and oxygen atoms in total. The zero-order chi connectivity index (χ0) is 19.1. The van der Waals surface area contributed by atoms with Crippen LogP contribution < -0.4 is 4.90 Å². The molecule has 28 heavy (non-hydrogen) atoms. The smallest absolute Gasteiger partial charge is 0.258 e. The molecule has 1 saturated heterocycles. The van der Waals surface area contributed by atoms with Gasteiger partial charge in [-0.05, 0) is 42.3 Å². The van der Waals surface area contributed by atoms with Crippen molar-refractivity contribution in [3.8, 4) is 11.5 Å². The van der Waals surface area contributed by atoms with Crippen molar-refractivity contribution in [3.63, 3.8) is 0 Å². The summed E-state index contributed by atoms with van der Waals surface area (Å²) in [7, 11) is 0. The van der Waals surface area contributed by atoms with E-state index >= 15 is 0 Å². The van der Waals surface area contributed by atoms with E-state index in [2.05, 4.69) is 34.2 Å². The highest BCUT2D eigenvalue weighted by atomic mass is 16.5. The average molecular weight is 372 g/mol. The van der Waals surface area contributed by atoms with Crippen molar-refractivity contribution in [1.29, 1.82) is 0 Å². The van der Waals surface area contributed by atoms with Crippen LogP contribution in [0, 0.1) is 0 Å². The highest BCUT2D eigenvalue weighted by Crippen LogP contribution is 2.33. The van der Waals surface area contributed by atoms with Crippen LogP contribution in [0.15, 0.2) is 59.3 Å². The van der Waals surface area contributed by atoms with Crippen molar-refractivity contribution in [2.24, 2.45) is 0 Å². The summed E-state index contributed by atoms with van der Waals surface area (Å²) in [5.41, 5.74) is 4.08. The van der Waals surface area contributed by atoms with E-state index in [0.29, 0.717) is 24.7 Å². The molecule has 4 aromatic rings. The SMILES string of the molecule is CCc1cccc(N2CC(c3noc(-c4cccc5[nH]ccc45)n3)CC2=O)c1. The molecule has 1 amide bonds. The number of hydrogen-bond acceptors (Lipinski definition) is 4. The number of carbonyl (C=O) groups excluding carboxylic acids is 1. The predicted molar refractivity (Wildman–Crippen MR) is 107 cm³/mol. The van der Waals surface area contributed by atoms with Crippen LogP contribution in [0.5, 0.6) is 0 Å². The quantitative estimate of drug-likeness (QED) is 0.579. The Morgan fingerprint density at radius 3 is 3.00 bits per heavy atom. The number of carbonyl (C=O) groups is 1. The van der Waals surface area contributed by atoms with Crippen molar-refractivity contribution < 1.29 is 9.32 Å². The number of anilines is 1. The lowest BCUT2D eigenvalue weighted by molar-refractivity contribution is -0.117. The van der Waals surface area contributed by atoms with Crippen LogP contribution in [0.1, 0.15) is 30.7 Å². The van der Waals surface area contributed by atoms with Gasteiger partial charge in [-0.15, -0.1) is 0 Å². The molecule has 0 radical (unpaired) electrons. The zero-order valence-corrected chi connectivity index (χ0v) is 15.6. The standard InChI is InChI=1S/C22H20N4O2/c1-2-14-5-3-6-16(11-14)26-13-15(12-20(26)27)21-24-22(28-25-21)18-7-4-8-19-17(18)9-10-23-19/h3-11,15,23H,2,12-13H2,1H3. The lowest BCUT2D eigenvalue weighted by Crippen LogP contribution is -2.24. The van der Waals surface area contributed by atoms with Crippen LogP contribution in [0.3, 0.4) is 0 Å². The third-order valence-corrected chi connectivity index (χ3v) is 5.39. The number of benzene rings is 2. The normalized spacial score (nSPS) is 17.0. The third kappa shape index (κ3) is 2.78. The Hall–Kier alpha value is -3.41. The number of fused-ring (bicyclic) bond motifs is 1. The van der Waals surface area contributed by atoms with Gasteiger partial charge in [-0.25, -0.2) is 0 Å². The summed E-state index contributed by atoms with van der Waals surface area (Å²) in [6.07, 6.45) is 3.23. The van der Waals surface area contributed by atoms with Crippen LogP contribution in [0.2, 0.25) is 0 Å². The summed E-state index contributed by atoms with van der Waals surface area (Å²) in [6.45, 7) is 2.68. The molecule has 0 aliphatic carbocycles. The van der Waals surface area contributed by atoms with Gasteiger partial charge in [0.2, 0.25) is 5.91 Å². The molecular weight excluding hydrogens is 352 g/mol. The van der Waals surface area contributed by atoms with Gasteiger partial charge in [-0.1, -0.05) is 30.3 Å². The molecular formula is C22H20N4O2. The minimum absolute atomic E-state index is 0.0688. The van der Waals surface area contributed by atoms with E-state index in [1.165, 1.54) is 5.56 Å². The summed E-state index contributed by atoms with van der Waals surface area (Å²) in [4.78, 5) is 22.2. The number of rotatable bonds is 4. The maximum Gasteiger partial charge on any atom is 0.258 e. The molecule has 1 N–H and O–H groups in total. The van der Waals surface area contributed by atoms with E-state index in [0.717, 1.165) is 28.6 Å². The fourth-order valence-electron chi connectivity index (χ4n) is 3.86. The van der Waals surface area contributed by atoms with E-state index in [1.54, 1.807) is 0 Å². The summed E-state index contributed by atoms with van der Waals surface area (Å²) < 4.78 is 5.55. The summed E-state index contributed by atoms with van der Waals surface area (Å²) in [5.74, 6) is 1.10. The molecule has 2 aromatic carbocycles.